The molecule has 0 saturated carbocycles. The minimum Gasteiger partial charge on any atom is -0.453 e. The number of nitrogens with zero attached hydrogens (tertiary/aromatic N) is 5. The van der Waals surface area contributed by atoms with Crippen molar-refractivity contribution in [1.82, 2.24) is 20.3 Å². The predicted molar refractivity (Wildman–Crippen MR) is 115 cm³/mol. The second-order valence-corrected chi connectivity index (χ2v) is 8.27. The lowest BCUT2D eigenvalue weighted by Gasteiger charge is -2.32. The first-order chi connectivity index (χ1) is 15.1. The zero-order valence-corrected chi connectivity index (χ0v) is 17.9. The number of benzene rings is 1. The van der Waals surface area contributed by atoms with Crippen LogP contribution in [-0.4, -0.2) is 46.5 Å². The standard InChI is InChI=1S/C22H22ClN5O3/c1-30-22(29)28-12-15-11-16(23)4-5-17(15)20-18(13-28)31-26-21(20)14-6-9-27(10-7-14)19-3-2-8-24-25-19/h2-5,8,11,14H,6-7,9-10,12-13H2,1H3. The highest BCUT2D eigenvalue weighted by atomic mass is 35.5. The fourth-order valence-corrected chi connectivity index (χ4v) is 4.68. The lowest BCUT2D eigenvalue weighted by atomic mass is 9.87. The van der Waals surface area contributed by atoms with E-state index in [0.29, 0.717) is 23.9 Å². The van der Waals surface area contributed by atoms with E-state index in [9.17, 15) is 4.79 Å². The van der Waals surface area contributed by atoms with Crippen molar-refractivity contribution >= 4 is 23.5 Å². The highest BCUT2D eigenvalue weighted by Gasteiger charge is 2.33. The molecule has 1 amide bonds. The number of aromatic nitrogens is 3. The zero-order valence-electron chi connectivity index (χ0n) is 17.1. The molecule has 1 saturated heterocycles. The van der Waals surface area contributed by atoms with Gasteiger partial charge in [-0.1, -0.05) is 22.8 Å². The Hall–Kier alpha value is -3.13. The van der Waals surface area contributed by atoms with E-state index < -0.39 is 6.09 Å². The Morgan fingerprint density at radius 3 is 2.81 bits per heavy atom. The number of hydrogen-bond donors (Lipinski definition) is 0. The molecule has 2 aliphatic rings. The highest BCUT2D eigenvalue weighted by Crippen LogP contribution is 2.41. The summed E-state index contributed by atoms with van der Waals surface area (Å²) in [6.07, 6.45) is 3.13. The van der Waals surface area contributed by atoms with Crippen molar-refractivity contribution in [2.75, 3.05) is 25.1 Å². The van der Waals surface area contributed by atoms with Crippen LogP contribution in [0, 0.1) is 0 Å². The third kappa shape index (κ3) is 3.72. The Balaban J connectivity index is 1.47. The largest absolute Gasteiger partial charge is 0.453 e. The topological polar surface area (TPSA) is 84.6 Å². The molecule has 160 valence electrons. The first-order valence-corrected chi connectivity index (χ1v) is 10.6. The molecule has 4 heterocycles. The van der Waals surface area contributed by atoms with Crippen molar-refractivity contribution in [3.63, 3.8) is 0 Å². The summed E-state index contributed by atoms with van der Waals surface area (Å²) in [5, 5.41) is 13.3. The number of anilines is 1. The number of rotatable bonds is 2. The van der Waals surface area contributed by atoms with E-state index in [1.165, 1.54) is 7.11 Å². The number of hydrogen-bond acceptors (Lipinski definition) is 7. The SMILES string of the molecule is COC(=O)N1Cc2cc(Cl)ccc2-c2c(C3CCN(c4cccnn4)CC3)noc2C1. The minimum atomic E-state index is -0.408. The summed E-state index contributed by atoms with van der Waals surface area (Å²) in [5.74, 6) is 1.83. The van der Waals surface area contributed by atoms with Crippen molar-refractivity contribution in [3.8, 4) is 11.1 Å². The molecular weight excluding hydrogens is 418 g/mol. The number of carbonyl (C=O) groups excluding carboxylic acids is 1. The van der Waals surface area contributed by atoms with E-state index in [4.69, 9.17) is 20.9 Å². The number of piperidine rings is 1. The molecule has 0 aliphatic carbocycles. The van der Waals surface area contributed by atoms with E-state index in [1.54, 1.807) is 11.1 Å². The second kappa shape index (κ2) is 8.19. The van der Waals surface area contributed by atoms with Crippen LogP contribution in [0.15, 0.2) is 41.1 Å². The fourth-order valence-electron chi connectivity index (χ4n) is 4.49. The van der Waals surface area contributed by atoms with Gasteiger partial charge in [-0.15, -0.1) is 5.10 Å². The van der Waals surface area contributed by atoms with Gasteiger partial charge in [-0.05, 0) is 48.2 Å². The number of amides is 1. The number of halogens is 1. The molecule has 3 aromatic rings. The molecule has 0 atom stereocenters. The molecule has 2 aliphatic heterocycles. The van der Waals surface area contributed by atoms with Crippen molar-refractivity contribution in [2.45, 2.75) is 31.8 Å². The van der Waals surface area contributed by atoms with Gasteiger partial charge in [0.25, 0.3) is 0 Å². The fraction of sp³-hybridized carbons (Fsp3) is 0.364. The van der Waals surface area contributed by atoms with E-state index in [1.807, 2.05) is 30.3 Å². The summed E-state index contributed by atoms with van der Waals surface area (Å²) in [7, 11) is 1.38. The average molecular weight is 440 g/mol. The van der Waals surface area contributed by atoms with Gasteiger partial charge in [0.1, 0.15) is 0 Å². The molecule has 8 nitrogen and oxygen atoms in total. The van der Waals surface area contributed by atoms with Crippen molar-refractivity contribution < 1.29 is 14.1 Å². The van der Waals surface area contributed by atoms with Crippen molar-refractivity contribution in [2.24, 2.45) is 0 Å². The maximum Gasteiger partial charge on any atom is 0.410 e. The Labute approximate surface area is 184 Å². The summed E-state index contributed by atoms with van der Waals surface area (Å²) in [6, 6.07) is 9.64. The molecule has 5 rings (SSSR count). The first-order valence-electron chi connectivity index (χ1n) is 10.3. The predicted octanol–water partition coefficient (Wildman–Crippen LogP) is 4.25. The number of fused-ring (bicyclic) bond motifs is 3. The van der Waals surface area contributed by atoms with Gasteiger partial charge in [0.05, 0.1) is 31.5 Å². The number of methoxy groups -OCH3 is 1. The van der Waals surface area contributed by atoms with Gasteiger partial charge < -0.3 is 14.2 Å². The maximum absolute atomic E-state index is 12.3. The van der Waals surface area contributed by atoms with E-state index in [-0.39, 0.29) is 5.92 Å². The second-order valence-electron chi connectivity index (χ2n) is 7.84. The Morgan fingerprint density at radius 2 is 2.06 bits per heavy atom. The van der Waals surface area contributed by atoms with Gasteiger partial charge in [0, 0.05) is 30.2 Å². The molecule has 2 aromatic heterocycles. The van der Waals surface area contributed by atoms with Crippen molar-refractivity contribution in [1.29, 1.82) is 0 Å². The Morgan fingerprint density at radius 1 is 1.23 bits per heavy atom. The molecule has 0 unspecified atom stereocenters. The Bertz CT molecular complexity index is 1100. The van der Waals surface area contributed by atoms with Crippen LogP contribution in [0.1, 0.15) is 35.8 Å². The monoisotopic (exact) mass is 439 g/mol. The van der Waals surface area contributed by atoms with Gasteiger partial charge in [-0.2, -0.15) is 5.10 Å². The molecule has 9 heteroatoms. The van der Waals surface area contributed by atoms with Gasteiger partial charge in [0.2, 0.25) is 0 Å². The van der Waals surface area contributed by atoms with Crippen LogP contribution in [0.2, 0.25) is 5.02 Å². The molecule has 1 aromatic carbocycles. The number of carbonyl (C=O) groups is 1. The highest BCUT2D eigenvalue weighted by molar-refractivity contribution is 6.30. The summed E-state index contributed by atoms with van der Waals surface area (Å²) < 4.78 is 10.7. The van der Waals surface area contributed by atoms with Crippen LogP contribution in [0.3, 0.4) is 0 Å². The van der Waals surface area contributed by atoms with Crippen LogP contribution in [0.25, 0.3) is 11.1 Å². The zero-order chi connectivity index (χ0) is 21.4. The summed E-state index contributed by atoms with van der Waals surface area (Å²) in [4.78, 5) is 16.1. The molecule has 0 N–H and O–H groups in total. The van der Waals surface area contributed by atoms with Gasteiger partial charge in [-0.25, -0.2) is 4.79 Å². The summed E-state index contributed by atoms with van der Waals surface area (Å²) >= 11 is 6.26. The average Bonchev–Trinajstić information content (AvgIpc) is 3.15. The van der Waals surface area contributed by atoms with Gasteiger partial charge >= 0.3 is 6.09 Å². The van der Waals surface area contributed by atoms with E-state index >= 15 is 0 Å². The molecular formula is C22H22ClN5O3. The third-order valence-corrected chi connectivity index (χ3v) is 6.25. The molecule has 0 bridgehead atoms. The third-order valence-electron chi connectivity index (χ3n) is 6.02. The van der Waals surface area contributed by atoms with E-state index in [0.717, 1.165) is 54.1 Å². The normalized spacial score (nSPS) is 16.5. The lowest BCUT2D eigenvalue weighted by Crippen LogP contribution is -2.33. The van der Waals surface area contributed by atoms with Crippen LogP contribution >= 0.6 is 11.6 Å². The van der Waals surface area contributed by atoms with Crippen LogP contribution in [0.4, 0.5) is 10.6 Å². The minimum absolute atomic E-state index is 0.258. The van der Waals surface area contributed by atoms with Crippen molar-refractivity contribution in [3.05, 3.63) is 58.6 Å². The first kappa shape index (κ1) is 19.8. The van der Waals surface area contributed by atoms with Gasteiger partial charge in [0.15, 0.2) is 11.6 Å². The quantitative estimate of drug-likeness (QED) is 0.590. The summed E-state index contributed by atoms with van der Waals surface area (Å²) in [6.45, 7) is 2.44. The smallest absolute Gasteiger partial charge is 0.410 e. The molecule has 1 fully saturated rings. The molecule has 31 heavy (non-hydrogen) atoms. The van der Waals surface area contributed by atoms with Crippen LogP contribution in [0.5, 0.6) is 0 Å². The van der Waals surface area contributed by atoms with E-state index in [2.05, 4.69) is 20.3 Å². The molecule has 0 spiro atoms. The molecule has 0 radical (unpaired) electrons. The number of ether oxygens (including phenoxy) is 1. The summed E-state index contributed by atoms with van der Waals surface area (Å²) in [5.41, 5.74) is 3.90. The lowest BCUT2D eigenvalue weighted by molar-refractivity contribution is 0.114. The van der Waals surface area contributed by atoms with Crippen LogP contribution in [-0.2, 0) is 17.8 Å². The maximum atomic E-state index is 12.3. The van der Waals surface area contributed by atoms with Crippen LogP contribution < -0.4 is 4.90 Å². The van der Waals surface area contributed by atoms with Gasteiger partial charge in [-0.3, -0.25) is 4.90 Å². The Kier molecular flexibility index (Phi) is 5.23.